The molecule has 0 saturated carbocycles. The van der Waals surface area contributed by atoms with Crippen LogP contribution >= 0.6 is 0 Å². The molecule has 0 radical (unpaired) electrons. The average Bonchev–Trinajstić information content (AvgIpc) is 2.05. The van der Waals surface area contributed by atoms with Crippen LogP contribution < -0.4 is 11.0 Å². The van der Waals surface area contributed by atoms with Gasteiger partial charge in [0.05, 0.1) is 0 Å². The summed E-state index contributed by atoms with van der Waals surface area (Å²) in [6.07, 6.45) is 5.63. The Kier molecular flexibility index (Phi) is 6.17. The molecule has 0 aromatic rings. The lowest BCUT2D eigenvalue weighted by atomic mass is 10.5. The van der Waals surface area contributed by atoms with Crippen LogP contribution in [0.5, 0.6) is 0 Å². The topological polar surface area (TPSA) is 67.4 Å². The van der Waals surface area contributed by atoms with E-state index in [1.807, 2.05) is 11.0 Å². The predicted octanol–water partition coefficient (Wildman–Crippen LogP) is 0.218. The van der Waals surface area contributed by atoms with E-state index in [-0.39, 0.29) is 0 Å². The minimum atomic E-state index is -0.441. The Labute approximate surface area is 76.4 Å². The highest BCUT2D eigenvalue weighted by Crippen LogP contribution is 1.73. The van der Waals surface area contributed by atoms with E-state index >= 15 is 0 Å². The molecule has 72 valence electrons. The van der Waals surface area contributed by atoms with Crippen molar-refractivity contribution in [3.63, 3.8) is 0 Å². The van der Waals surface area contributed by atoms with Crippen molar-refractivity contribution in [2.24, 2.45) is 0 Å². The van der Waals surface area contributed by atoms with Gasteiger partial charge in [0.1, 0.15) is 0 Å². The van der Waals surface area contributed by atoms with Crippen molar-refractivity contribution in [3.8, 4) is 0 Å². The van der Waals surface area contributed by atoms with Gasteiger partial charge in [0.25, 0.3) is 11.8 Å². The minimum Gasteiger partial charge on any atom is -0.268 e. The summed E-state index contributed by atoms with van der Waals surface area (Å²) in [5.74, 6) is -0.883. The van der Waals surface area contributed by atoms with Crippen LogP contribution in [0.2, 0.25) is 0 Å². The second-order valence-electron chi connectivity index (χ2n) is 2.03. The van der Waals surface area contributed by atoms with Crippen molar-refractivity contribution in [2.45, 2.75) is 13.8 Å². The monoisotopic (exact) mass is 184 g/mol. The summed E-state index contributed by atoms with van der Waals surface area (Å²) in [6, 6.07) is 0. The number of carbonyl (C=O) groups is 2. The smallest absolute Gasteiger partial charge is 0.268 e. The molecule has 5 nitrogen and oxygen atoms in total. The first-order valence-corrected chi connectivity index (χ1v) is 3.72. The lowest BCUT2D eigenvalue weighted by Gasteiger charge is -2.01. The molecule has 0 aliphatic heterocycles. The average molecular weight is 184 g/mol. The summed E-state index contributed by atoms with van der Waals surface area (Å²) in [5, 5.41) is 0. The van der Waals surface area contributed by atoms with E-state index in [0.717, 1.165) is 0 Å². The maximum absolute atomic E-state index is 10.7. The Balaban J connectivity index is 3.56. The van der Waals surface area contributed by atoms with Gasteiger partial charge >= 0.3 is 0 Å². The molecule has 0 aliphatic carbocycles. The molecule has 0 aromatic carbocycles. The third kappa shape index (κ3) is 6.77. The molecule has 0 aromatic heterocycles. The van der Waals surface area contributed by atoms with E-state index in [2.05, 4.69) is 4.94 Å². The summed E-state index contributed by atoms with van der Waals surface area (Å²) < 4.78 is 0. The molecular weight excluding hydrogens is 172 g/mol. The number of amides is 2. The van der Waals surface area contributed by atoms with Crippen LogP contribution in [0.25, 0.3) is 0 Å². The summed E-state index contributed by atoms with van der Waals surface area (Å²) in [4.78, 5) is 25.7. The van der Waals surface area contributed by atoms with E-state index in [1.165, 1.54) is 12.2 Å². The molecule has 5 heteroatoms. The first-order chi connectivity index (χ1) is 6.20. The van der Waals surface area contributed by atoms with E-state index < -0.39 is 11.8 Å². The molecule has 2 amide bonds. The van der Waals surface area contributed by atoms with Gasteiger partial charge in [0.2, 0.25) is 0 Å². The molecular formula is C8H12N2O3. The van der Waals surface area contributed by atoms with Gasteiger partial charge in [-0.2, -0.15) is 4.94 Å². The van der Waals surface area contributed by atoms with Gasteiger partial charge in [-0.3, -0.25) is 9.59 Å². The standard InChI is InChI=1S/C8H12N2O3/c1-3-5-7(11)9-13-10-8(12)6-4-2/h3-6H,1-2H3,(H,9,11)(H,10,12)/b5-3+,6-4+. The van der Waals surface area contributed by atoms with Crippen LogP contribution in [0.3, 0.4) is 0 Å². The Morgan fingerprint density at radius 3 is 1.69 bits per heavy atom. The molecule has 0 aliphatic rings. The van der Waals surface area contributed by atoms with Gasteiger partial charge in [0.15, 0.2) is 0 Å². The fraction of sp³-hybridized carbons (Fsp3) is 0.250. The number of hydrogen-bond donors (Lipinski definition) is 2. The largest absolute Gasteiger partial charge is 0.269 e. The molecule has 0 fully saturated rings. The van der Waals surface area contributed by atoms with E-state index in [4.69, 9.17) is 0 Å². The van der Waals surface area contributed by atoms with E-state index in [9.17, 15) is 9.59 Å². The van der Waals surface area contributed by atoms with Gasteiger partial charge in [-0.1, -0.05) is 12.2 Å². The van der Waals surface area contributed by atoms with Gasteiger partial charge in [-0.25, -0.2) is 11.0 Å². The molecule has 0 rings (SSSR count). The maximum atomic E-state index is 10.7. The van der Waals surface area contributed by atoms with Crippen LogP contribution in [-0.4, -0.2) is 11.8 Å². The Morgan fingerprint density at radius 2 is 1.38 bits per heavy atom. The van der Waals surface area contributed by atoms with Crippen LogP contribution in [0.4, 0.5) is 0 Å². The SMILES string of the molecule is C/C=C/C(=O)NONC(=O)/C=C/C. The lowest BCUT2D eigenvalue weighted by molar-refractivity contribution is -0.145. The summed E-state index contributed by atoms with van der Waals surface area (Å²) in [6.45, 7) is 3.38. The predicted molar refractivity (Wildman–Crippen MR) is 47.0 cm³/mol. The van der Waals surface area contributed by atoms with Gasteiger partial charge < -0.3 is 0 Å². The molecule has 0 unspecified atom stereocenters. The zero-order chi connectivity index (χ0) is 10.1. The summed E-state index contributed by atoms with van der Waals surface area (Å²) >= 11 is 0. The Bertz CT molecular complexity index is 210. The van der Waals surface area contributed by atoms with Crippen molar-refractivity contribution in [1.82, 2.24) is 11.0 Å². The third-order valence-electron chi connectivity index (χ3n) is 0.939. The van der Waals surface area contributed by atoms with Crippen LogP contribution in [0.1, 0.15) is 13.8 Å². The van der Waals surface area contributed by atoms with E-state index in [0.29, 0.717) is 0 Å². The van der Waals surface area contributed by atoms with Gasteiger partial charge in [-0.05, 0) is 13.8 Å². The van der Waals surface area contributed by atoms with Crippen molar-refractivity contribution in [1.29, 1.82) is 0 Å². The van der Waals surface area contributed by atoms with Crippen molar-refractivity contribution >= 4 is 11.8 Å². The Morgan fingerprint density at radius 1 is 1.00 bits per heavy atom. The van der Waals surface area contributed by atoms with Crippen LogP contribution in [0, 0.1) is 0 Å². The second-order valence-corrected chi connectivity index (χ2v) is 2.03. The number of rotatable bonds is 4. The van der Waals surface area contributed by atoms with Crippen molar-refractivity contribution in [2.75, 3.05) is 0 Å². The number of hydroxylamine groups is 2. The fourth-order valence-corrected chi connectivity index (χ4v) is 0.497. The molecule has 0 spiro atoms. The number of nitrogens with one attached hydrogen (secondary N) is 2. The zero-order valence-corrected chi connectivity index (χ0v) is 7.53. The lowest BCUT2D eigenvalue weighted by Crippen LogP contribution is -2.32. The quantitative estimate of drug-likeness (QED) is 0.485. The summed E-state index contributed by atoms with van der Waals surface area (Å²) in [7, 11) is 0. The first kappa shape index (κ1) is 11.4. The molecule has 0 heterocycles. The van der Waals surface area contributed by atoms with Crippen LogP contribution in [-0.2, 0) is 14.5 Å². The number of hydrogen-bond acceptors (Lipinski definition) is 3. The third-order valence-corrected chi connectivity index (χ3v) is 0.939. The van der Waals surface area contributed by atoms with Crippen LogP contribution in [0.15, 0.2) is 24.3 Å². The molecule has 2 N–H and O–H groups in total. The zero-order valence-electron chi connectivity index (χ0n) is 7.53. The Hall–Kier alpha value is -1.62. The highest BCUT2D eigenvalue weighted by molar-refractivity contribution is 5.87. The molecule has 0 saturated heterocycles. The van der Waals surface area contributed by atoms with Gasteiger partial charge in [-0.15, -0.1) is 0 Å². The maximum Gasteiger partial charge on any atom is 0.269 e. The van der Waals surface area contributed by atoms with Crippen molar-refractivity contribution < 1.29 is 14.5 Å². The summed E-state index contributed by atoms with van der Waals surface area (Å²) in [5.41, 5.74) is 3.96. The van der Waals surface area contributed by atoms with E-state index in [1.54, 1.807) is 26.0 Å². The molecule has 13 heavy (non-hydrogen) atoms. The second kappa shape index (κ2) is 7.05. The fourth-order valence-electron chi connectivity index (χ4n) is 0.497. The molecule has 0 atom stereocenters. The minimum absolute atomic E-state index is 0.441. The first-order valence-electron chi connectivity index (χ1n) is 3.72. The number of allylic oxidation sites excluding steroid dienone is 2. The molecule has 0 bridgehead atoms. The van der Waals surface area contributed by atoms with Crippen molar-refractivity contribution in [3.05, 3.63) is 24.3 Å². The highest BCUT2D eigenvalue weighted by atomic mass is 16.8. The van der Waals surface area contributed by atoms with Gasteiger partial charge in [0, 0.05) is 12.2 Å². The normalized spacial score (nSPS) is 10.6. The highest BCUT2D eigenvalue weighted by Gasteiger charge is 1.95. The number of carbonyl (C=O) groups excluding carboxylic acids is 2.